The fourth-order valence-electron chi connectivity index (χ4n) is 7.00. The van der Waals surface area contributed by atoms with E-state index in [9.17, 15) is 0 Å². The summed E-state index contributed by atoms with van der Waals surface area (Å²) >= 11 is 1.78. The van der Waals surface area contributed by atoms with Gasteiger partial charge in [0.25, 0.3) is 0 Å². The second kappa shape index (κ2) is 8.12. The maximum absolute atomic E-state index is 5.34. The molecule has 1 aliphatic rings. The summed E-state index contributed by atoms with van der Waals surface area (Å²) < 4.78 is 4.72. The highest BCUT2D eigenvalue weighted by Gasteiger charge is 2.38. The van der Waals surface area contributed by atoms with Crippen molar-refractivity contribution < 1.29 is 0 Å². The third kappa shape index (κ3) is 3.03. The standard InChI is InChI=1S/C37H25N3S/c1-37(2)27-17-9-6-14-23(27)24-20-21-29-31(32(24)37)25-15-7-10-18-28(25)40(29)36-34-33(26-16-8-11-19-30(26)41-34)38-35(39-36)22-12-4-3-5-13-22/h3-21H,1-2H3. The van der Waals surface area contributed by atoms with Crippen molar-refractivity contribution in [3.8, 4) is 28.3 Å². The Bertz CT molecular complexity index is 2340. The minimum absolute atomic E-state index is 0.117. The number of hydrogen-bond donors (Lipinski definition) is 0. The van der Waals surface area contributed by atoms with E-state index in [0.29, 0.717) is 0 Å². The first-order valence-electron chi connectivity index (χ1n) is 14.0. The van der Waals surface area contributed by atoms with Gasteiger partial charge in [0, 0.05) is 31.8 Å². The molecule has 0 saturated heterocycles. The zero-order chi connectivity index (χ0) is 27.3. The van der Waals surface area contributed by atoms with E-state index in [-0.39, 0.29) is 5.41 Å². The number of benzene rings is 5. The zero-order valence-electron chi connectivity index (χ0n) is 22.7. The van der Waals surface area contributed by atoms with E-state index in [4.69, 9.17) is 9.97 Å². The fraction of sp³-hybridized carbons (Fsp3) is 0.0811. The molecule has 3 nitrogen and oxygen atoms in total. The Labute approximate surface area is 241 Å². The highest BCUT2D eigenvalue weighted by Crippen LogP contribution is 2.53. The summed E-state index contributed by atoms with van der Waals surface area (Å²) in [5, 5.41) is 3.74. The molecular formula is C37H25N3S. The summed E-state index contributed by atoms with van der Waals surface area (Å²) in [5.74, 6) is 1.69. The first kappa shape index (κ1) is 23.0. The summed E-state index contributed by atoms with van der Waals surface area (Å²) in [7, 11) is 0. The van der Waals surface area contributed by atoms with Crippen molar-refractivity contribution in [2.75, 3.05) is 0 Å². The van der Waals surface area contributed by atoms with Gasteiger partial charge in [0.1, 0.15) is 0 Å². The van der Waals surface area contributed by atoms with Crippen LogP contribution in [-0.4, -0.2) is 14.5 Å². The Morgan fingerprint density at radius 3 is 2.24 bits per heavy atom. The Kier molecular flexibility index (Phi) is 4.55. The van der Waals surface area contributed by atoms with Crippen molar-refractivity contribution in [1.82, 2.24) is 14.5 Å². The minimum Gasteiger partial charge on any atom is -0.292 e. The van der Waals surface area contributed by atoms with Gasteiger partial charge in [-0.15, -0.1) is 11.3 Å². The summed E-state index contributed by atoms with van der Waals surface area (Å²) in [6.07, 6.45) is 0. The molecular weight excluding hydrogens is 518 g/mol. The van der Waals surface area contributed by atoms with Crippen LogP contribution in [0.5, 0.6) is 0 Å². The van der Waals surface area contributed by atoms with Crippen molar-refractivity contribution in [2.24, 2.45) is 0 Å². The first-order chi connectivity index (χ1) is 20.1. The number of rotatable bonds is 2. The van der Waals surface area contributed by atoms with Gasteiger partial charge in [-0.05, 0) is 40.5 Å². The normalized spacial score (nSPS) is 13.8. The predicted molar refractivity (Wildman–Crippen MR) is 172 cm³/mol. The third-order valence-electron chi connectivity index (χ3n) is 8.80. The highest BCUT2D eigenvalue weighted by molar-refractivity contribution is 7.26. The van der Waals surface area contributed by atoms with Gasteiger partial charge in [-0.1, -0.05) is 111 Å². The van der Waals surface area contributed by atoms with Gasteiger partial charge in [0.15, 0.2) is 11.6 Å². The predicted octanol–water partition coefficient (Wildman–Crippen LogP) is 9.91. The van der Waals surface area contributed by atoms with Gasteiger partial charge in [0.2, 0.25) is 0 Å². The molecule has 41 heavy (non-hydrogen) atoms. The quantitative estimate of drug-likeness (QED) is 0.217. The first-order valence-corrected chi connectivity index (χ1v) is 14.8. The topological polar surface area (TPSA) is 30.7 Å². The molecule has 9 rings (SSSR count). The molecule has 0 aliphatic heterocycles. The molecule has 0 N–H and O–H groups in total. The lowest BCUT2D eigenvalue weighted by atomic mass is 9.80. The second-order valence-corrected chi connectivity index (χ2v) is 12.5. The van der Waals surface area contributed by atoms with E-state index >= 15 is 0 Å². The minimum atomic E-state index is -0.117. The second-order valence-electron chi connectivity index (χ2n) is 11.4. The van der Waals surface area contributed by atoms with Gasteiger partial charge >= 0.3 is 0 Å². The lowest BCUT2D eigenvalue weighted by Gasteiger charge is -2.22. The average molecular weight is 544 g/mol. The molecule has 0 bridgehead atoms. The number of hydrogen-bond acceptors (Lipinski definition) is 3. The molecule has 8 aromatic rings. The molecule has 0 atom stereocenters. The van der Waals surface area contributed by atoms with Crippen molar-refractivity contribution in [2.45, 2.75) is 19.3 Å². The van der Waals surface area contributed by atoms with Crippen molar-refractivity contribution in [1.29, 1.82) is 0 Å². The fourth-order valence-corrected chi connectivity index (χ4v) is 8.13. The smallest absolute Gasteiger partial charge is 0.162 e. The van der Waals surface area contributed by atoms with Crippen molar-refractivity contribution in [3.63, 3.8) is 0 Å². The van der Waals surface area contributed by atoms with Crippen LogP contribution in [0.4, 0.5) is 0 Å². The Morgan fingerprint density at radius 2 is 1.37 bits per heavy atom. The number of thiophene rings is 1. The van der Waals surface area contributed by atoms with Crippen LogP contribution in [0, 0.1) is 0 Å². The monoisotopic (exact) mass is 543 g/mol. The van der Waals surface area contributed by atoms with E-state index in [2.05, 4.69) is 128 Å². The maximum atomic E-state index is 5.34. The van der Waals surface area contributed by atoms with Crippen LogP contribution >= 0.6 is 11.3 Å². The molecule has 0 fully saturated rings. The molecule has 3 heterocycles. The van der Waals surface area contributed by atoms with Gasteiger partial charge in [-0.25, -0.2) is 9.97 Å². The van der Waals surface area contributed by atoms with E-state index < -0.39 is 0 Å². The molecule has 194 valence electrons. The van der Waals surface area contributed by atoms with E-state index in [1.54, 1.807) is 11.3 Å². The Balaban J connectivity index is 1.46. The molecule has 5 aromatic carbocycles. The van der Waals surface area contributed by atoms with Crippen LogP contribution in [0.3, 0.4) is 0 Å². The SMILES string of the molecule is CC1(C)c2ccccc2-c2ccc3c(c21)c1ccccc1n3-c1nc(-c2ccccc2)nc2c1sc1ccccc12. The number of nitrogens with zero attached hydrogens (tertiary/aromatic N) is 3. The molecule has 1 aliphatic carbocycles. The van der Waals surface area contributed by atoms with E-state index in [1.807, 2.05) is 6.07 Å². The van der Waals surface area contributed by atoms with Gasteiger partial charge < -0.3 is 0 Å². The van der Waals surface area contributed by atoms with E-state index in [1.165, 1.54) is 54.1 Å². The lowest BCUT2D eigenvalue weighted by molar-refractivity contribution is 0.666. The van der Waals surface area contributed by atoms with Crippen LogP contribution in [0.25, 0.3) is 70.4 Å². The summed E-state index contributed by atoms with van der Waals surface area (Å²) in [4.78, 5) is 10.5. The zero-order valence-corrected chi connectivity index (χ0v) is 23.5. The summed E-state index contributed by atoms with van der Waals surface area (Å²) in [5.41, 5.74) is 9.72. The maximum Gasteiger partial charge on any atom is 0.162 e. The van der Waals surface area contributed by atoms with Crippen LogP contribution in [0.15, 0.2) is 115 Å². The summed E-state index contributed by atoms with van der Waals surface area (Å²) in [6.45, 7) is 4.73. The van der Waals surface area contributed by atoms with Crippen molar-refractivity contribution in [3.05, 3.63) is 126 Å². The van der Waals surface area contributed by atoms with Crippen LogP contribution in [0.2, 0.25) is 0 Å². The molecule has 0 saturated carbocycles. The van der Waals surface area contributed by atoms with E-state index in [0.717, 1.165) is 27.4 Å². The largest absolute Gasteiger partial charge is 0.292 e. The van der Waals surface area contributed by atoms with Crippen molar-refractivity contribution >= 4 is 53.4 Å². The molecule has 0 unspecified atom stereocenters. The Morgan fingerprint density at radius 1 is 0.634 bits per heavy atom. The van der Waals surface area contributed by atoms with Gasteiger partial charge in [-0.2, -0.15) is 0 Å². The third-order valence-corrected chi connectivity index (χ3v) is 9.96. The van der Waals surface area contributed by atoms with Crippen LogP contribution in [0.1, 0.15) is 25.0 Å². The lowest BCUT2D eigenvalue weighted by Crippen LogP contribution is -2.15. The molecule has 0 amide bonds. The Hall–Kier alpha value is -4.80. The van der Waals surface area contributed by atoms with Crippen LogP contribution in [-0.2, 0) is 5.41 Å². The van der Waals surface area contributed by atoms with Crippen LogP contribution < -0.4 is 0 Å². The number of para-hydroxylation sites is 1. The average Bonchev–Trinajstić information content (AvgIpc) is 3.63. The molecule has 0 spiro atoms. The molecule has 3 aromatic heterocycles. The molecule has 4 heteroatoms. The highest BCUT2D eigenvalue weighted by atomic mass is 32.1. The number of fused-ring (bicyclic) bond motifs is 10. The number of aromatic nitrogens is 3. The van der Waals surface area contributed by atoms with Gasteiger partial charge in [-0.3, -0.25) is 4.57 Å². The molecule has 0 radical (unpaired) electrons. The van der Waals surface area contributed by atoms with Gasteiger partial charge in [0.05, 0.1) is 21.3 Å². The summed E-state index contributed by atoms with van der Waals surface area (Å²) in [6, 6.07) is 41.2.